The Hall–Kier alpha value is -2.04. The molecule has 0 radical (unpaired) electrons. The summed E-state index contributed by atoms with van der Waals surface area (Å²) < 4.78 is 0. The Bertz CT molecular complexity index is 972. The molecule has 0 spiro atoms. The van der Waals surface area contributed by atoms with Crippen LogP contribution in [-0.4, -0.2) is 28.8 Å². The van der Waals surface area contributed by atoms with Crippen molar-refractivity contribution in [2.75, 3.05) is 0 Å². The number of hydrogen-bond donors (Lipinski definition) is 1. The van der Waals surface area contributed by atoms with Gasteiger partial charge in [-0.25, -0.2) is 0 Å². The average Bonchev–Trinajstić information content (AvgIpc) is 3.29. The van der Waals surface area contributed by atoms with Crippen molar-refractivity contribution in [1.29, 1.82) is 0 Å². The summed E-state index contributed by atoms with van der Waals surface area (Å²) >= 11 is 12.8. The summed E-state index contributed by atoms with van der Waals surface area (Å²) in [6, 6.07) is 13.3. The van der Waals surface area contributed by atoms with Gasteiger partial charge >= 0.3 is 0 Å². The molecule has 1 N–H and O–H groups in total. The maximum atomic E-state index is 13.4. The minimum Gasteiger partial charge on any atom is -0.352 e. The van der Waals surface area contributed by atoms with Gasteiger partial charge in [0.05, 0.1) is 0 Å². The molecule has 0 aromatic heterocycles. The van der Waals surface area contributed by atoms with Crippen LogP contribution in [0.15, 0.2) is 42.5 Å². The predicted molar refractivity (Wildman–Crippen MR) is 140 cm³/mol. The summed E-state index contributed by atoms with van der Waals surface area (Å²) in [5.74, 6) is -0.220. The molecule has 1 aliphatic carbocycles. The second-order valence-electron chi connectivity index (χ2n) is 10.3. The van der Waals surface area contributed by atoms with E-state index in [2.05, 4.69) is 50.4 Å². The summed E-state index contributed by atoms with van der Waals surface area (Å²) in [6.45, 7) is 8.52. The molecule has 6 heteroatoms. The third-order valence-corrected chi connectivity index (χ3v) is 7.41. The Kier molecular flexibility index (Phi) is 9.06. The van der Waals surface area contributed by atoms with E-state index in [9.17, 15) is 9.59 Å². The van der Waals surface area contributed by atoms with E-state index in [0.717, 1.165) is 31.2 Å². The summed E-state index contributed by atoms with van der Waals surface area (Å²) in [5, 5.41) is 4.11. The first-order chi connectivity index (χ1) is 16.1. The number of nitrogens with zero attached hydrogens (tertiary/aromatic N) is 1. The highest BCUT2D eigenvalue weighted by molar-refractivity contribution is 6.36. The smallest absolute Gasteiger partial charge is 0.242 e. The van der Waals surface area contributed by atoms with E-state index in [1.807, 2.05) is 0 Å². The van der Waals surface area contributed by atoms with E-state index in [0.29, 0.717) is 28.5 Å². The lowest BCUT2D eigenvalue weighted by Crippen LogP contribution is -2.49. The Morgan fingerprint density at radius 3 is 2.18 bits per heavy atom. The maximum Gasteiger partial charge on any atom is 0.242 e. The number of amides is 2. The molecule has 0 saturated heterocycles. The zero-order valence-corrected chi connectivity index (χ0v) is 22.2. The van der Waals surface area contributed by atoms with Gasteiger partial charge in [-0.3, -0.25) is 9.59 Å². The highest BCUT2D eigenvalue weighted by Crippen LogP contribution is 2.27. The first kappa shape index (κ1) is 26.6. The molecule has 0 unspecified atom stereocenters. The van der Waals surface area contributed by atoms with Gasteiger partial charge < -0.3 is 10.2 Å². The third kappa shape index (κ3) is 6.99. The molecular weight excluding hydrogens is 467 g/mol. The molecule has 3 rings (SSSR count). The second-order valence-corrected chi connectivity index (χ2v) is 11.1. The molecule has 2 aromatic carbocycles. The third-order valence-electron chi connectivity index (χ3n) is 6.71. The molecule has 34 heavy (non-hydrogen) atoms. The van der Waals surface area contributed by atoms with Crippen molar-refractivity contribution in [2.24, 2.45) is 0 Å². The van der Waals surface area contributed by atoms with Crippen LogP contribution in [0.1, 0.15) is 76.5 Å². The quantitative estimate of drug-likeness (QED) is 0.436. The lowest BCUT2D eigenvalue weighted by molar-refractivity contribution is -0.140. The SMILES string of the molecule is C[C@H](C(=O)NC1CCCC1)N(Cc1c(Cl)cccc1Cl)C(=O)CCc1ccc(C(C)(C)C)cc1. The fourth-order valence-corrected chi connectivity index (χ4v) is 4.91. The number of aryl methyl sites for hydroxylation is 1. The van der Waals surface area contributed by atoms with Crippen LogP contribution >= 0.6 is 23.2 Å². The molecule has 1 fully saturated rings. The highest BCUT2D eigenvalue weighted by atomic mass is 35.5. The van der Waals surface area contributed by atoms with Crippen molar-refractivity contribution in [3.63, 3.8) is 0 Å². The summed E-state index contributed by atoms with van der Waals surface area (Å²) in [6.07, 6.45) is 5.15. The van der Waals surface area contributed by atoms with Crippen LogP contribution in [0, 0.1) is 0 Å². The average molecular weight is 504 g/mol. The summed E-state index contributed by atoms with van der Waals surface area (Å²) in [7, 11) is 0. The Labute approximate surface area is 214 Å². The van der Waals surface area contributed by atoms with Crippen LogP contribution in [0.2, 0.25) is 10.0 Å². The van der Waals surface area contributed by atoms with Crippen molar-refractivity contribution in [3.8, 4) is 0 Å². The largest absolute Gasteiger partial charge is 0.352 e. The van der Waals surface area contributed by atoms with Crippen LogP contribution in [0.3, 0.4) is 0 Å². The summed E-state index contributed by atoms with van der Waals surface area (Å²) in [5.41, 5.74) is 3.10. The highest BCUT2D eigenvalue weighted by Gasteiger charge is 2.29. The normalized spacial score (nSPS) is 15.2. The maximum absolute atomic E-state index is 13.4. The number of hydrogen-bond acceptors (Lipinski definition) is 2. The molecule has 1 atom stereocenters. The fraction of sp³-hybridized carbons (Fsp3) is 0.500. The molecule has 0 aliphatic heterocycles. The molecule has 1 aliphatic rings. The monoisotopic (exact) mass is 502 g/mol. The van der Waals surface area contributed by atoms with E-state index in [1.165, 1.54) is 5.56 Å². The number of carbonyl (C=O) groups is 2. The van der Waals surface area contributed by atoms with Crippen molar-refractivity contribution in [3.05, 3.63) is 69.2 Å². The lowest BCUT2D eigenvalue weighted by Gasteiger charge is -2.30. The van der Waals surface area contributed by atoms with Gasteiger partial charge in [0.25, 0.3) is 0 Å². The fourth-order valence-electron chi connectivity index (χ4n) is 4.39. The van der Waals surface area contributed by atoms with Gasteiger partial charge in [0, 0.05) is 34.6 Å². The molecule has 2 aromatic rings. The number of rotatable bonds is 8. The zero-order chi connectivity index (χ0) is 24.9. The molecular formula is C28H36Cl2N2O2. The molecule has 4 nitrogen and oxygen atoms in total. The molecule has 2 amide bonds. The van der Waals surface area contributed by atoms with Gasteiger partial charge in [0.1, 0.15) is 6.04 Å². The van der Waals surface area contributed by atoms with Gasteiger partial charge in [-0.15, -0.1) is 0 Å². The number of nitrogens with one attached hydrogen (secondary N) is 1. The standard InChI is InChI=1S/C28H36Cl2N2O2/c1-19(27(34)31-22-8-5-6-9-22)32(18-23-24(29)10-7-11-25(23)30)26(33)17-14-20-12-15-21(16-13-20)28(2,3)4/h7,10-13,15-16,19,22H,5-6,8-9,14,17-18H2,1-4H3,(H,31,34)/t19-/m1/s1. The number of benzene rings is 2. The molecule has 184 valence electrons. The molecule has 0 bridgehead atoms. The Morgan fingerprint density at radius 2 is 1.62 bits per heavy atom. The molecule has 1 saturated carbocycles. The molecule has 0 heterocycles. The van der Waals surface area contributed by atoms with Crippen molar-refractivity contribution < 1.29 is 9.59 Å². The first-order valence-electron chi connectivity index (χ1n) is 12.2. The predicted octanol–water partition coefficient (Wildman–Crippen LogP) is 6.70. The van der Waals surface area contributed by atoms with Crippen LogP contribution in [0.5, 0.6) is 0 Å². The van der Waals surface area contributed by atoms with Gasteiger partial charge in [-0.2, -0.15) is 0 Å². The Balaban J connectivity index is 1.74. The van der Waals surface area contributed by atoms with E-state index in [4.69, 9.17) is 23.2 Å². The van der Waals surface area contributed by atoms with Crippen LogP contribution in [-0.2, 0) is 28.0 Å². The minimum absolute atomic E-state index is 0.0848. The topological polar surface area (TPSA) is 49.4 Å². The van der Waals surface area contributed by atoms with Crippen LogP contribution in [0.25, 0.3) is 0 Å². The van der Waals surface area contributed by atoms with E-state index in [1.54, 1.807) is 30.0 Å². The van der Waals surface area contributed by atoms with Crippen molar-refractivity contribution in [2.45, 2.75) is 90.3 Å². The van der Waals surface area contributed by atoms with Crippen LogP contribution < -0.4 is 5.32 Å². The van der Waals surface area contributed by atoms with E-state index >= 15 is 0 Å². The first-order valence-corrected chi connectivity index (χ1v) is 12.9. The Morgan fingerprint density at radius 1 is 1.03 bits per heavy atom. The van der Waals surface area contributed by atoms with Crippen molar-refractivity contribution >= 4 is 35.0 Å². The van der Waals surface area contributed by atoms with Gasteiger partial charge in [-0.1, -0.05) is 87.1 Å². The summed E-state index contributed by atoms with van der Waals surface area (Å²) in [4.78, 5) is 28.1. The van der Waals surface area contributed by atoms with Gasteiger partial charge in [0.2, 0.25) is 11.8 Å². The van der Waals surface area contributed by atoms with Gasteiger partial charge in [0.15, 0.2) is 0 Å². The van der Waals surface area contributed by atoms with Gasteiger partial charge in [-0.05, 0) is 54.9 Å². The number of carbonyl (C=O) groups excluding carboxylic acids is 2. The number of halogens is 2. The zero-order valence-electron chi connectivity index (χ0n) is 20.7. The van der Waals surface area contributed by atoms with Crippen molar-refractivity contribution in [1.82, 2.24) is 10.2 Å². The van der Waals surface area contributed by atoms with Crippen LogP contribution in [0.4, 0.5) is 0 Å². The van der Waals surface area contributed by atoms with E-state index in [-0.39, 0.29) is 29.8 Å². The second kappa shape index (κ2) is 11.6. The lowest BCUT2D eigenvalue weighted by atomic mass is 9.86. The minimum atomic E-state index is -0.622. The van der Waals surface area contributed by atoms with E-state index < -0.39 is 6.04 Å².